The Morgan fingerprint density at radius 2 is 2.00 bits per heavy atom. The Hall–Kier alpha value is -2.32. The van der Waals surface area contributed by atoms with Gasteiger partial charge in [0, 0.05) is 35.6 Å². The van der Waals surface area contributed by atoms with E-state index >= 15 is 0 Å². The number of aryl methyl sites for hydroxylation is 1. The smallest absolute Gasteiger partial charge is 0.256 e. The van der Waals surface area contributed by atoms with Gasteiger partial charge in [0.05, 0.1) is 23.3 Å². The molecule has 4 atom stereocenters. The van der Waals surface area contributed by atoms with E-state index in [2.05, 4.69) is 26.1 Å². The van der Waals surface area contributed by atoms with Gasteiger partial charge in [-0.25, -0.2) is 4.99 Å². The van der Waals surface area contributed by atoms with Gasteiger partial charge in [0.25, 0.3) is 5.91 Å². The number of aromatic nitrogens is 1. The van der Waals surface area contributed by atoms with Gasteiger partial charge in [-0.1, -0.05) is 47.1 Å². The summed E-state index contributed by atoms with van der Waals surface area (Å²) in [5.74, 6) is -0.361. The Morgan fingerprint density at radius 1 is 1.31 bits per heavy atom. The van der Waals surface area contributed by atoms with E-state index in [1.165, 1.54) is 0 Å². The lowest BCUT2D eigenvalue weighted by molar-refractivity contribution is -0.134. The molecule has 1 aromatic carbocycles. The molecule has 1 fully saturated rings. The molecule has 2 aromatic rings. The van der Waals surface area contributed by atoms with Crippen LogP contribution in [-0.4, -0.2) is 51.4 Å². The molecular formula is C24H28BrN3O4. The molecule has 0 spiro atoms. The van der Waals surface area contributed by atoms with Crippen LogP contribution in [0.15, 0.2) is 44.3 Å². The minimum absolute atomic E-state index is 0.0200. The van der Waals surface area contributed by atoms with Crippen LogP contribution in [0.25, 0.3) is 0 Å². The average molecular weight is 502 g/mol. The summed E-state index contributed by atoms with van der Waals surface area (Å²) in [5, 5.41) is 14.4. The number of likely N-dealkylation sites (tertiary alicyclic amines) is 1. The highest BCUT2D eigenvalue weighted by Crippen LogP contribution is 2.39. The zero-order valence-corrected chi connectivity index (χ0v) is 20.3. The van der Waals surface area contributed by atoms with Gasteiger partial charge in [-0.3, -0.25) is 9.59 Å². The lowest BCUT2D eigenvalue weighted by Gasteiger charge is -2.30. The Bertz CT molecular complexity index is 1060. The number of carbonyl (C=O) groups is 2. The molecule has 0 bridgehead atoms. The summed E-state index contributed by atoms with van der Waals surface area (Å²) >= 11 is 3.43. The largest absolute Gasteiger partial charge is 0.391 e. The molecule has 0 aliphatic carbocycles. The van der Waals surface area contributed by atoms with E-state index in [1.54, 1.807) is 11.0 Å². The second-order valence-electron chi connectivity index (χ2n) is 9.41. The molecule has 4 rings (SSSR count). The van der Waals surface area contributed by atoms with Crippen LogP contribution in [0.5, 0.6) is 0 Å². The molecule has 170 valence electrons. The van der Waals surface area contributed by atoms with Crippen LogP contribution < -0.4 is 0 Å². The van der Waals surface area contributed by atoms with Crippen molar-refractivity contribution >= 4 is 33.5 Å². The monoisotopic (exact) mass is 501 g/mol. The topological polar surface area (TPSA) is 96.0 Å². The maximum Gasteiger partial charge on any atom is 0.256 e. The van der Waals surface area contributed by atoms with Crippen molar-refractivity contribution in [2.75, 3.05) is 6.54 Å². The Labute approximate surface area is 196 Å². The first-order valence-electron chi connectivity index (χ1n) is 10.9. The fourth-order valence-electron chi connectivity index (χ4n) is 4.78. The van der Waals surface area contributed by atoms with Crippen molar-refractivity contribution in [3.05, 3.63) is 51.8 Å². The van der Waals surface area contributed by atoms with Crippen LogP contribution in [0.4, 0.5) is 0 Å². The first-order chi connectivity index (χ1) is 15.1. The molecule has 32 heavy (non-hydrogen) atoms. The fraction of sp³-hybridized carbons (Fsp3) is 0.500. The van der Waals surface area contributed by atoms with Gasteiger partial charge < -0.3 is 14.5 Å². The van der Waals surface area contributed by atoms with Crippen molar-refractivity contribution in [3.8, 4) is 0 Å². The number of rotatable bonds is 5. The predicted octanol–water partition coefficient (Wildman–Crippen LogP) is 3.78. The molecule has 0 saturated carbocycles. The van der Waals surface area contributed by atoms with Crippen LogP contribution in [-0.2, 0) is 15.0 Å². The number of aliphatic imine (C=N–C) groups is 1. The summed E-state index contributed by atoms with van der Waals surface area (Å²) in [4.78, 5) is 32.7. The van der Waals surface area contributed by atoms with Crippen molar-refractivity contribution in [1.82, 2.24) is 10.1 Å². The number of aliphatic hydroxyl groups excluding tert-OH is 1. The van der Waals surface area contributed by atoms with E-state index in [0.717, 1.165) is 10.0 Å². The van der Waals surface area contributed by atoms with E-state index < -0.39 is 23.5 Å². The molecule has 1 aromatic heterocycles. The Morgan fingerprint density at radius 3 is 2.59 bits per heavy atom. The van der Waals surface area contributed by atoms with Gasteiger partial charge in [-0.05, 0) is 37.5 Å². The number of nitrogens with zero attached hydrogens (tertiary/aromatic N) is 3. The fourth-order valence-corrected chi connectivity index (χ4v) is 5.05. The number of halogens is 1. The first kappa shape index (κ1) is 22.9. The van der Waals surface area contributed by atoms with E-state index in [4.69, 9.17) is 4.52 Å². The molecule has 2 aliphatic heterocycles. The Kier molecular flexibility index (Phi) is 6.11. The van der Waals surface area contributed by atoms with Gasteiger partial charge in [0.15, 0.2) is 0 Å². The summed E-state index contributed by atoms with van der Waals surface area (Å²) in [6, 6.07) is 9.04. The summed E-state index contributed by atoms with van der Waals surface area (Å²) in [7, 11) is 0. The molecule has 7 nitrogen and oxygen atoms in total. The highest BCUT2D eigenvalue weighted by atomic mass is 79.9. The van der Waals surface area contributed by atoms with E-state index in [9.17, 15) is 14.7 Å². The maximum absolute atomic E-state index is 13.6. The van der Waals surface area contributed by atoms with Crippen molar-refractivity contribution in [2.24, 2.45) is 10.9 Å². The number of benzene rings is 1. The quantitative estimate of drug-likeness (QED) is 0.672. The average Bonchev–Trinajstić information content (AvgIpc) is 3.40. The van der Waals surface area contributed by atoms with Crippen LogP contribution in [0.3, 0.4) is 0 Å². The van der Waals surface area contributed by atoms with Gasteiger partial charge in [0.2, 0.25) is 5.91 Å². The zero-order chi connectivity index (χ0) is 23.2. The normalized spacial score (nSPS) is 26.7. The second kappa shape index (κ2) is 8.56. The van der Waals surface area contributed by atoms with Crippen molar-refractivity contribution in [3.63, 3.8) is 0 Å². The molecule has 0 radical (unpaired) electrons. The van der Waals surface area contributed by atoms with Crippen LogP contribution in [0.2, 0.25) is 0 Å². The third-order valence-corrected chi connectivity index (χ3v) is 7.09. The zero-order valence-electron chi connectivity index (χ0n) is 18.7. The molecule has 3 heterocycles. The van der Waals surface area contributed by atoms with E-state index in [-0.39, 0.29) is 24.3 Å². The van der Waals surface area contributed by atoms with Gasteiger partial charge >= 0.3 is 0 Å². The second-order valence-corrected chi connectivity index (χ2v) is 10.3. The maximum atomic E-state index is 13.6. The predicted molar refractivity (Wildman–Crippen MR) is 123 cm³/mol. The summed E-state index contributed by atoms with van der Waals surface area (Å²) in [5.41, 5.74) is 1.48. The lowest BCUT2D eigenvalue weighted by atomic mass is 9.78. The summed E-state index contributed by atoms with van der Waals surface area (Å²) in [6.07, 6.45) is 0.127. The number of hydrogen-bond acceptors (Lipinski definition) is 5. The number of hydrogen-bond donors (Lipinski definition) is 1. The third-order valence-electron chi connectivity index (χ3n) is 6.57. The van der Waals surface area contributed by atoms with Crippen LogP contribution in [0.1, 0.15) is 56.5 Å². The molecular weight excluding hydrogens is 474 g/mol. The molecule has 1 saturated heterocycles. The first-order valence-corrected chi connectivity index (χ1v) is 11.7. The molecule has 3 unspecified atom stereocenters. The Balaban J connectivity index is 1.61. The number of amides is 2. The van der Waals surface area contributed by atoms with Crippen molar-refractivity contribution in [1.29, 1.82) is 0 Å². The molecule has 2 amide bonds. The van der Waals surface area contributed by atoms with Crippen molar-refractivity contribution < 1.29 is 19.2 Å². The highest BCUT2D eigenvalue weighted by molar-refractivity contribution is 9.10. The highest BCUT2D eigenvalue weighted by Gasteiger charge is 2.48. The summed E-state index contributed by atoms with van der Waals surface area (Å²) < 4.78 is 6.36. The van der Waals surface area contributed by atoms with E-state index in [1.807, 2.05) is 52.0 Å². The van der Waals surface area contributed by atoms with Gasteiger partial charge in [0.1, 0.15) is 11.7 Å². The molecule has 8 heteroatoms. The molecule has 2 aliphatic rings. The van der Waals surface area contributed by atoms with Gasteiger partial charge in [-0.15, -0.1) is 0 Å². The van der Waals surface area contributed by atoms with Crippen LogP contribution in [0, 0.1) is 12.8 Å². The molecule has 1 N–H and O–H groups in total. The number of β-amino-alcohol motifs (C(OH)–C–C–N with tert-alkyl or cyclic N) is 1. The van der Waals surface area contributed by atoms with Crippen LogP contribution >= 0.6 is 15.9 Å². The minimum atomic E-state index is -0.780. The van der Waals surface area contributed by atoms with E-state index in [0.29, 0.717) is 30.0 Å². The third kappa shape index (κ3) is 4.06. The van der Waals surface area contributed by atoms with Crippen molar-refractivity contribution in [2.45, 2.75) is 64.0 Å². The number of carbonyl (C=O) groups excluding carboxylic acids is 2. The van der Waals surface area contributed by atoms with Gasteiger partial charge in [-0.2, -0.15) is 0 Å². The number of aliphatic hydroxyl groups is 1. The SMILES string of the molecule is Cc1cc(C(C(=O)N2C[C@H](O)CC2C2=NC(=O)C(C)(c3ccc(Br)cc3)C2)C(C)C)on1. The summed E-state index contributed by atoms with van der Waals surface area (Å²) in [6.45, 7) is 7.84. The lowest BCUT2D eigenvalue weighted by Crippen LogP contribution is -2.44. The standard InChI is InChI=1S/C24H28BrN3O4/c1-13(2)21(20-9-14(3)27-32-20)22(30)28-12-17(29)10-19(28)18-11-24(4,23(31)26-18)15-5-7-16(25)8-6-15/h5-9,13,17,19,21,29H,10-12H2,1-4H3/t17-,19?,21?,24?/m1/s1. The minimum Gasteiger partial charge on any atom is -0.391 e.